The van der Waals surface area contributed by atoms with Crippen molar-refractivity contribution in [1.29, 1.82) is 0 Å². The summed E-state index contributed by atoms with van der Waals surface area (Å²) in [5, 5.41) is 26.0. The molecule has 0 radical (unpaired) electrons. The Hall–Kier alpha value is -2.70. The average Bonchev–Trinajstić information content (AvgIpc) is 3.66. The Labute approximate surface area is 324 Å². The Balaban J connectivity index is 1.48. The van der Waals surface area contributed by atoms with E-state index < -0.39 is 84.6 Å². The Kier molecular flexibility index (Phi) is 17.7. The summed E-state index contributed by atoms with van der Waals surface area (Å²) in [4.78, 5) is 95.8. The summed E-state index contributed by atoms with van der Waals surface area (Å²) in [5.41, 5.74) is 4.07. The smallest absolute Gasteiger partial charge is 0.274 e. The number of nitrogens with two attached hydrogens (primary N) is 1. The molecule has 1 fully saturated rings. The van der Waals surface area contributed by atoms with Gasteiger partial charge in [-0.15, -0.1) is 0 Å². The number of phosphoric ester groups is 3. The van der Waals surface area contributed by atoms with Gasteiger partial charge >= 0.3 is 0 Å². The summed E-state index contributed by atoms with van der Waals surface area (Å²) in [7, 11) is -17.6. The van der Waals surface area contributed by atoms with Crippen LogP contribution < -0.4 is 35.9 Å². The lowest BCUT2D eigenvalue weighted by molar-refractivity contribution is -0.347. The number of allylic oxidation sites excluding steroid dienone is 1. The molecule has 2 aromatic rings. The average molecular weight is 874 g/mol. The van der Waals surface area contributed by atoms with E-state index in [1.807, 2.05) is 6.92 Å². The number of nitrogen functional groups attached to an aromatic ring is 1. The molecule has 0 bridgehead atoms. The van der Waals surface area contributed by atoms with Crippen molar-refractivity contribution in [2.45, 2.75) is 77.1 Å². The molecule has 1 aliphatic rings. The maximum absolute atomic E-state index is 12.5. The number of aliphatic hydroxyl groups excluding tert-OH is 2. The number of aliphatic hydroxyl groups is 2. The predicted octanol–water partition coefficient (Wildman–Crippen LogP) is -2.12. The number of thioether (sulfide) groups is 1. The second-order valence-corrected chi connectivity index (χ2v) is 17.9. The van der Waals surface area contributed by atoms with Crippen LogP contribution in [0.25, 0.3) is 11.2 Å². The van der Waals surface area contributed by atoms with Crippen LogP contribution in [0.2, 0.25) is 0 Å². The Bertz CT molecular complexity index is 1850. The van der Waals surface area contributed by atoms with Crippen molar-refractivity contribution in [3.05, 3.63) is 24.8 Å². The number of imidazole rings is 1. The number of amides is 2. The molecule has 24 nitrogen and oxygen atoms in total. The van der Waals surface area contributed by atoms with Crippen molar-refractivity contribution in [2.24, 2.45) is 5.41 Å². The minimum Gasteiger partial charge on any atom is -0.790 e. The van der Waals surface area contributed by atoms with Gasteiger partial charge in [0.2, 0.25) is 16.9 Å². The minimum absolute atomic E-state index is 0.0211. The molecule has 6 N–H and O–H groups in total. The van der Waals surface area contributed by atoms with Crippen molar-refractivity contribution >= 4 is 69.1 Å². The molecule has 3 heterocycles. The van der Waals surface area contributed by atoms with Crippen LogP contribution in [0.1, 0.15) is 52.7 Å². The zero-order valence-electron chi connectivity index (χ0n) is 30.2. The molecule has 0 aromatic carbocycles. The van der Waals surface area contributed by atoms with Crippen LogP contribution in [-0.2, 0) is 50.7 Å². The standard InChI is InChI=1S/C28H46N7O17P3S/c1-4-5-6-7-8-19(37)56-12-11-30-18(36)9-10-31-26(40)23(39)28(2,3)14-49-55(46,47)52-54(44,45)48-13-17-22(51-53(41,42)43)21(38)27(50-17)35-16-34-20-24(29)32-15-33-25(20)35/h7-8,15-17,21-23,27,38-39H,4-6,9-14H2,1-3H3,(H,30,36)(H,31,40)(H,44,45)(H,46,47)(H2,29,32,33)(H2,41,42,43)/p-4/b8-7+/t17-,21-,22-,23+,27-/m1/s1. The SMILES string of the molecule is CCCC/C=C/C(=O)SCCNC(=O)CCNC(=O)[C@H](O)C(C)(C)COP(=O)([O-])OP(=O)([O-])OC[C@H]1O[C@@H](n2cnc3c(N)ncnc32)[C@H](O)[C@@H]1OP(=O)([O-])[O-]. The van der Waals surface area contributed by atoms with Gasteiger partial charge in [-0.05, 0) is 12.5 Å². The van der Waals surface area contributed by atoms with Gasteiger partial charge in [-0.3, -0.25) is 28.1 Å². The number of rotatable bonds is 23. The van der Waals surface area contributed by atoms with E-state index in [9.17, 15) is 57.9 Å². The fourth-order valence-electron chi connectivity index (χ4n) is 4.81. The summed E-state index contributed by atoms with van der Waals surface area (Å²) in [6.07, 6.45) is -1.52. The van der Waals surface area contributed by atoms with Gasteiger partial charge in [0.15, 0.2) is 17.7 Å². The van der Waals surface area contributed by atoms with Gasteiger partial charge in [-0.1, -0.05) is 51.5 Å². The van der Waals surface area contributed by atoms with Crippen LogP contribution in [0.4, 0.5) is 5.82 Å². The lowest BCUT2D eigenvalue weighted by Crippen LogP contribution is -2.46. The molecule has 3 rings (SSSR count). The maximum Gasteiger partial charge on any atom is 0.274 e. The van der Waals surface area contributed by atoms with E-state index in [0.29, 0.717) is 5.75 Å². The molecule has 316 valence electrons. The number of nitrogens with one attached hydrogen (secondary N) is 2. The molecule has 2 unspecified atom stereocenters. The van der Waals surface area contributed by atoms with Gasteiger partial charge in [0.05, 0.1) is 27.4 Å². The van der Waals surface area contributed by atoms with Gasteiger partial charge in [-0.25, -0.2) is 19.3 Å². The third-order valence-electron chi connectivity index (χ3n) is 7.70. The molecule has 2 aromatic heterocycles. The van der Waals surface area contributed by atoms with E-state index in [-0.39, 0.29) is 41.6 Å². The molecule has 2 amide bonds. The van der Waals surface area contributed by atoms with E-state index >= 15 is 0 Å². The first-order chi connectivity index (χ1) is 26.1. The second kappa shape index (κ2) is 20.8. The molecule has 0 aliphatic carbocycles. The first kappa shape index (κ1) is 47.7. The van der Waals surface area contributed by atoms with Crippen molar-refractivity contribution in [3.63, 3.8) is 0 Å². The van der Waals surface area contributed by atoms with Crippen molar-refractivity contribution in [1.82, 2.24) is 30.2 Å². The molecule has 1 aliphatic heterocycles. The van der Waals surface area contributed by atoms with Gasteiger partial charge in [0.25, 0.3) is 15.6 Å². The molecule has 56 heavy (non-hydrogen) atoms. The topological polar surface area (TPSA) is 375 Å². The van der Waals surface area contributed by atoms with E-state index in [0.717, 1.165) is 48.2 Å². The van der Waals surface area contributed by atoms with Gasteiger partial charge in [0, 0.05) is 30.7 Å². The Morgan fingerprint density at radius 2 is 1.80 bits per heavy atom. The fourth-order valence-corrected chi connectivity index (χ4v) is 8.14. The first-order valence-corrected chi connectivity index (χ1v) is 22.1. The zero-order valence-corrected chi connectivity index (χ0v) is 33.7. The van der Waals surface area contributed by atoms with Gasteiger partial charge in [-0.2, -0.15) is 0 Å². The highest BCUT2D eigenvalue weighted by molar-refractivity contribution is 8.14. The van der Waals surface area contributed by atoms with E-state index in [1.54, 1.807) is 6.08 Å². The summed E-state index contributed by atoms with van der Waals surface area (Å²) >= 11 is 1.03. The third kappa shape index (κ3) is 14.9. The summed E-state index contributed by atoms with van der Waals surface area (Å²) in [6.45, 7) is 2.13. The number of nitrogens with zero attached hydrogens (tertiary/aromatic N) is 4. The highest BCUT2D eigenvalue weighted by Crippen LogP contribution is 2.56. The normalized spacial score (nSPS) is 21.8. The highest BCUT2D eigenvalue weighted by atomic mass is 32.2. The van der Waals surface area contributed by atoms with E-state index in [1.165, 1.54) is 19.9 Å². The monoisotopic (exact) mass is 873 g/mol. The molecule has 0 spiro atoms. The van der Waals surface area contributed by atoms with Crippen LogP contribution in [0.5, 0.6) is 0 Å². The molecular formula is C28H42N7O17P3S-4. The van der Waals surface area contributed by atoms with Crippen LogP contribution in [0, 0.1) is 5.41 Å². The van der Waals surface area contributed by atoms with Crippen molar-refractivity contribution < 1.29 is 80.5 Å². The van der Waals surface area contributed by atoms with Crippen LogP contribution in [0.15, 0.2) is 24.8 Å². The lowest BCUT2D eigenvalue weighted by atomic mass is 9.87. The Morgan fingerprint density at radius 3 is 2.48 bits per heavy atom. The number of carbonyl (C=O) groups excluding carboxylic acids is 3. The summed E-state index contributed by atoms with van der Waals surface area (Å²) < 4.78 is 60.5. The van der Waals surface area contributed by atoms with Gasteiger partial charge < -0.3 is 69.0 Å². The van der Waals surface area contributed by atoms with Crippen molar-refractivity contribution in [2.75, 3.05) is 37.8 Å². The quantitative estimate of drug-likeness (QED) is 0.0453. The predicted molar refractivity (Wildman–Crippen MR) is 187 cm³/mol. The van der Waals surface area contributed by atoms with Crippen LogP contribution in [-0.4, -0.2) is 103 Å². The number of carbonyl (C=O) groups is 3. The molecular weight excluding hydrogens is 831 g/mol. The van der Waals surface area contributed by atoms with Crippen molar-refractivity contribution in [3.8, 4) is 0 Å². The second-order valence-electron chi connectivity index (χ2n) is 12.7. The maximum atomic E-state index is 12.5. The lowest BCUT2D eigenvalue weighted by Gasteiger charge is -2.36. The van der Waals surface area contributed by atoms with E-state index in [4.69, 9.17) is 10.5 Å². The zero-order chi connectivity index (χ0) is 41.9. The highest BCUT2D eigenvalue weighted by Gasteiger charge is 2.47. The molecule has 1 saturated heterocycles. The first-order valence-electron chi connectivity index (χ1n) is 16.7. The van der Waals surface area contributed by atoms with Crippen LogP contribution >= 0.6 is 35.2 Å². The number of ether oxygens (including phenoxy) is 1. The minimum atomic E-state index is -5.91. The largest absolute Gasteiger partial charge is 0.790 e. The Morgan fingerprint density at radius 1 is 1.11 bits per heavy atom. The number of fused-ring (bicyclic) bond motifs is 1. The number of hydrogen-bond acceptors (Lipinski definition) is 22. The number of phosphoric acid groups is 3. The number of anilines is 1. The number of hydrogen-bond donors (Lipinski definition) is 5. The third-order valence-corrected chi connectivity index (χ3v) is 11.5. The molecule has 7 atom stereocenters. The number of aromatic nitrogens is 4. The summed E-state index contributed by atoms with van der Waals surface area (Å²) in [6, 6.07) is 0. The van der Waals surface area contributed by atoms with E-state index in [2.05, 4.69) is 43.5 Å². The molecule has 0 saturated carbocycles. The van der Waals surface area contributed by atoms with Gasteiger partial charge in [0.1, 0.15) is 36.3 Å². The van der Waals surface area contributed by atoms with Crippen LogP contribution in [0.3, 0.4) is 0 Å². The summed E-state index contributed by atoms with van der Waals surface area (Å²) in [5.74, 6) is -1.22. The molecule has 28 heteroatoms. The fraction of sp³-hybridized carbons (Fsp3) is 0.643. The number of unbranched alkanes of at least 4 members (excludes halogenated alkanes) is 2.